The fourth-order valence-corrected chi connectivity index (χ4v) is 3.05. The highest BCUT2D eigenvalue weighted by molar-refractivity contribution is 9.10. The van der Waals surface area contributed by atoms with Crippen molar-refractivity contribution in [3.8, 4) is 0 Å². The maximum Gasteiger partial charge on any atom is 0.335 e. The lowest BCUT2D eigenvalue weighted by atomic mass is 10.1. The number of carbonyl (C=O) groups is 1. The summed E-state index contributed by atoms with van der Waals surface area (Å²) in [5.41, 5.74) is 0.464. The molecule has 0 bridgehead atoms. The molecule has 0 atom stereocenters. The molecule has 0 unspecified atom stereocenters. The number of sulfonamides is 1. The van der Waals surface area contributed by atoms with Crippen LogP contribution in [0.25, 0.3) is 0 Å². The summed E-state index contributed by atoms with van der Waals surface area (Å²) in [6, 6.07) is 2.60. The molecular weight excluding hydrogens is 298 g/mol. The van der Waals surface area contributed by atoms with Crippen LogP contribution in [-0.2, 0) is 10.0 Å². The van der Waals surface area contributed by atoms with Crippen molar-refractivity contribution in [2.24, 2.45) is 0 Å². The van der Waals surface area contributed by atoms with E-state index < -0.39 is 16.0 Å². The minimum Gasteiger partial charge on any atom is -0.478 e. The van der Waals surface area contributed by atoms with E-state index in [1.807, 2.05) is 0 Å². The first-order valence-corrected chi connectivity index (χ1v) is 6.54. The Labute approximate surface area is 102 Å². The molecule has 5 nitrogen and oxygen atoms in total. The van der Waals surface area contributed by atoms with Gasteiger partial charge in [0.25, 0.3) is 0 Å². The number of hydrogen-bond acceptors (Lipinski definition) is 3. The van der Waals surface area contributed by atoms with Crippen LogP contribution in [-0.4, -0.2) is 26.5 Å². The van der Waals surface area contributed by atoms with Gasteiger partial charge in [-0.3, -0.25) is 0 Å². The standard InChI is InChI=1S/C9H10BrNO4S/c1-5-3-8(16(14,15)11-2)7(10)4-6(5)9(12)13/h3-4,11H,1-2H3,(H,12,13). The predicted octanol–water partition coefficient (Wildman–Crippen LogP) is 1.36. The highest BCUT2D eigenvalue weighted by Gasteiger charge is 2.19. The van der Waals surface area contributed by atoms with Crippen LogP contribution in [0.1, 0.15) is 15.9 Å². The number of halogens is 1. The molecule has 0 radical (unpaired) electrons. The molecule has 0 spiro atoms. The van der Waals surface area contributed by atoms with Gasteiger partial charge in [-0.1, -0.05) is 0 Å². The lowest BCUT2D eigenvalue weighted by molar-refractivity contribution is 0.0696. The zero-order valence-corrected chi connectivity index (χ0v) is 11.0. The first-order chi connectivity index (χ1) is 7.29. The third-order valence-corrected chi connectivity index (χ3v) is 4.44. The third kappa shape index (κ3) is 2.42. The second-order valence-corrected chi connectivity index (χ2v) is 5.82. The number of hydrogen-bond donors (Lipinski definition) is 2. The summed E-state index contributed by atoms with van der Waals surface area (Å²) in [5, 5.41) is 8.86. The van der Waals surface area contributed by atoms with Crippen molar-refractivity contribution in [3.63, 3.8) is 0 Å². The van der Waals surface area contributed by atoms with Crippen LogP contribution in [0.15, 0.2) is 21.5 Å². The first kappa shape index (κ1) is 13.1. The molecule has 0 amide bonds. The van der Waals surface area contributed by atoms with E-state index in [2.05, 4.69) is 20.7 Å². The van der Waals surface area contributed by atoms with Crippen molar-refractivity contribution in [1.29, 1.82) is 0 Å². The van der Waals surface area contributed by atoms with E-state index in [0.29, 0.717) is 5.56 Å². The van der Waals surface area contributed by atoms with E-state index in [-0.39, 0.29) is 14.9 Å². The molecule has 0 saturated heterocycles. The van der Waals surface area contributed by atoms with Gasteiger partial charge in [-0.25, -0.2) is 17.9 Å². The van der Waals surface area contributed by atoms with Gasteiger partial charge in [0.15, 0.2) is 0 Å². The molecule has 0 aromatic heterocycles. The second kappa shape index (κ2) is 4.52. The summed E-state index contributed by atoms with van der Waals surface area (Å²) in [4.78, 5) is 10.8. The van der Waals surface area contributed by atoms with Crippen LogP contribution in [0.5, 0.6) is 0 Å². The van der Waals surface area contributed by atoms with Crippen LogP contribution in [0.2, 0.25) is 0 Å². The first-order valence-electron chi connectivity index (χ1n) is 4.26. The van der Waals surface area contributed by atoms with Crippen molar-refractivity contribution in [3.05, 3.63) is 27.7 Å². The van der Waals surface area contributed by atoms with Crippen molar-refractivity contribution in [2.75, 3.05) is 7.05 Å². The van der Waals surface area contributed by atoms with Gasteiger partial charge in [0.1, 0.15) is 0 Å². The normalized spacial score (nSPS) is 11.4. The molecule has 2 N–H and O–H groups in total. The molecule has 0 aliphatic carbocycles. The minimum absolute atomic E-state index is 0.0255. The van der Waals surface area contributed by atoms with Gasteiger partial charge >= 0.3 is 5.97 Å². The molecule has 0 fully saturated rings. The molecule has 1 aromatic rings. The summed E-state index contributed by atoms with van der Waals surface area (Å²) in [6.07, 6.45) is 0. The highest BCUT2D eigenvalue weighted by Crippen LogP contribution is 2.25. The second-order valence-electron chi connectivity index (χ2n) is 3.11. The van der Waals surface area contributed by atoms with Crippen LogP contribution in [0.3, 0.4) is 0 Å². The number of aromatic carboxylic acids is 1. The fraction of sp³-hybridized carbons (Fsp3) is 0.222. The van der Waals surface area contributed by atoms with Crippen molar-refractivity contribution < 1.29 is 18.3 Å². The topological polar surface area (TPSA) is 83.5 Å². The van der Waals surface area contributed by atoms with E-state index in [1.165, 1.54) is 19.2 Å². The molecule has 0 aliphatic heterocycles. The zero-order valence-electron chi connectivity index (χ0n) is 8.61. The molecule has 0 aliphatic rings. The number of rotatable bonds is 3. The van der Waals surface area contributed by atoms with Crippen LogP contribution < -0.4 is 4.72 Å². The van der Waals surface area contributed by atoms with E-state index >= 15 is 0 Å². The summed E-state index contributed by atoms with van der Waals surface area (Å²) in [7, 11) is -2.29. The molecule has 16 heavy (non-hydrogen) atoms. The van der Waals surface area contributed by atoms with Gasteiger partial charge in [0.2, 0.25) is 10.0 Å². The molecule has 1 aromatic carbocycles. The molecule has 0 heterocycles. The van der Waals surface area contributed by atoms with Crippen molar-refractivity contribution >= 4 is 31.9 Å². The Morgan fingerprint density at radius 3 is 2.44 bits per heavy atom. The lowest BCUT2D eigenvalue weighted by Gasteiger charge is -2.08. The fourth-order valence-electron chi connectivity index (χ4n) is 1.20. The molecule has 88 valence electrons. The maximum atomic E-state index is 11.6. The van der Waals surface area contributed by atoms with E-state index in [9.17, 15) is 13.2 Å². The monoisotopic (exact) mass is 307 g/mol. The lowest BCUT2D eigenvalue weighted by Crippen LogP contribution is -2.19. The number of nitrogens with one attached hydrogen (secondary N) is 1. The van der Waals surface area contributed by atoms with Crippen LogP contribution in [0, 0.1) is 6.92 Å². The SMILES string of the molecule is CNS(=O)(=O)c1cc(C)c(C(=O)O)cc1Br. The van der Waals surface area contributed by atoms with Crippen molar-refractivity contribution in [2.45, 2.75) is 11.8 Å². The Hall–Kier alpha value is -0.920. The van der Waals surface area contributed by atoms with Gasteiger partial charge in [-0.05, 0) is 47.6 Å². The highest BCUT2D eigenvalue weighted by atomic mass is 79.9. The van der Waals surface area contributed by atoms with Gasteiger partial charge in [-0.15, -0.1) is 0 Å². The Balaban J connectivity index is 3.49. The van der Waals surface area contributed by atoms with E-state index in [4.69, 9.17) is 5.11 Å². The van der Waals surface area contributed by atoms with Gasteiger partial charge in [0.05, 0.1) is 10.5 Å². The molecule has 0 saturated carbocycles. The van der Waals surface area contributed by atoms with Gasteiger partial charge in [0, 0.05) is 4.47 Å². The largest absolute Gasteiger partial charge is 0.478 e. The van der Waals surface area contributed by atoms with Gasteiger partial charge in [-0.2, -0.15) is 0 Å². The Kier molecular flexibility index (Phi) is 3.72. The number of carboxylic acids is 1. The average Bonchev–Trinajstić information content (AvgIpc) is 2.20. The van der Waals surface area contributed by atoms with Crippen LogP contribution >= 0.6 is 15.9 Å². The van der Waals surface area contributed by atoms with Crippen LogP contribution in [0.4, 0.5) is 0 Å². The number of aryl methyl sites for hydroxylation is 1. The number of carboxylic acid groups (broad SMARTS) is 1. The quantitative estimate of drug-likeness (QED) is 0.883. The Bertz CT molecular complexity index is 539. The van der Waals surface area contributed by atoms with Crippen molar-refractivity contribution in [1.82, 2.24) is 4.72 Å². The summed E-state index contributed by atoms with van der Waals surface area (Å²) >= 11 is 3.04. The predicted molar refractivity (Wildman–Crippen MR) is 62.1 cm³/mol. The smallest absolute Gasteiger partial charge is 0.335 e. The maximum absolute atomic E-state index is 11.6. The Morgan fingerprint density at radius 2 is 2.00 bits per heavy atom. The van der Waals surface area contributed by atoms with E-state index in [0.717, 1.165) is 0 Å². The van der Waals surface area contributed by atoms with E-state index in [1.54, 1.807) is 6.92 Å². The number of benzene rings is 1. The average molecular weight is 308 g/mol. The van der Waals surface area contributed by atoms with Gasteiger partial charge < -0.3 is 5.11 Å². The molecule has 1 rings (SSSR count). The minimum atomic E-state index is -3.58. The third-order valence-electron chi connectivity index (χ3n) is 2.07. The molecule has 7 heteroatoms. The summed E-state index contributed by atoms with van der Waals surface area (Å²) in [6.45, 7) is 1.55. The zero-order chi connectivity index (χ0) is 12.5. The summed E-state index contributed by atoms with van der Waals surface area (Å²) in [5.74, 6) is -1.09. The Morgan fingerprint density at radius 1 is 1.44 bits per heavy atom. The summed E-state index contributed by atoms with van der Waals surface area (Å²) < 4.78 is 25.5. The molecular formula is C9H10BrNO4S.